The summed E-state index contributed by atoms with van der Waals surface area (Å²) in [5.74, 6) is 1.27. The molecule has 0 aliphatic carbocycles. The standard InChI is InChI=1S/C30H32N4O5S/c1-33-13-10-25(11-14-33)39-26-5-3-4-22(16-26)29(37-2)28-17-23-19-34(20-24(23)18-32-28)40(35,36)27-8-6-21(7-9-27)30-31-12-15-38-30/h3-9,12,15-18,25,29H,10-11,13-14,19-20H2,1-2H3. The fourth-order valence-electron chi connectivity index (χ4n) is 5.34. The molecule has 208 valence electrons. The first-order valence-corrected chi connectivity index (χ1v) is 14.8. The Morgan fingerprint density at radius 3 is 2.50 bits per heavy atom. The highest BCUT2D eigenvalue weighted by Gasteiger charge is 2.32. The third-order valence-electron chi connectivity index (χ3n) is 7.60. The molecule has 0 saturated carbocycles. The maximum atomic E-state index is 13.4. The molecule has 2 aliphatic heterocycles. The minimum atomic E-state index is -3.70. The van der Waals surface area contributed by atoms with E-state index in [-0.39, 0.29) is 24.1 Å². The van der Waals surface area contributed by atoms with E-state index in [1.165, 1.54) is 10.6 Å². The molecule has 4 heterocycles. The van der Waals surface area contributed by atoms with Crippen LogP contribution in [0, 0.1) is 0 Å². The molecule has 40 heavy (non-hydrogen) atoms. The first-order valence-electron chi connectivity index (χ1n) is 13.4. The van der Waals surface area contributed by atoms with Crippen LogP contribution in [0.25, 0.3) is 11.5 Å². The van der Waals surface area contributed by atoms with Gasteiger partial charge in [-0.05, 0) is 79.0 Å². The molecule has 6 rings (SSSR count). The number of oxazole rings is 1. The number of methoxy groups -OCH3 is 1. The number of rotatable bonds is 8. The van der Waals surface area contributed by atoms with Crippen molar-refractivity contribution in [1.29, 1.82) is 0 Å². The Morgan fingerprint density at radius 2 is 1.77 bits per heavy atom. The summed E-state index contributed by atoms with van der Waals surface area (Å²) in [7, 11) is 0.0885. The topological polar surface area (TPSA) is 98.0 Å². The van der Waals surface area contributed by atoms with Gasteiger partial charge < -0.3 is 18.8 Å². The van der Waals surface area contributed by atoms with E-state index in [2.05, 4.69) is 21.9 Å². The summed E-state index contributed by atoms with van der Waals surface area (Å²) in [6, 6.07) is 16.5. The predicted molar refractivity (Wildman–Crippen MR) is 149 cm³/mol. The largest absolute Gasteiger partial charge is 0.490 e. The number of hydrogen-bond donors (Lipinski definition) is 0. The van der Waals surface area contributed by atoms with E-state index in [1.54, 1.807) is 43.8 Å². The molecule has 2 aliphatic rings. The minimum Gasteiger partial charge on any atom is -0.490 e. The lowest BCUT2D eigenvalue weighted by atomic mass is 10.0. The van der Waals surface area contributed by atoms with Crippen molar-refractivity contribution in [3.63, 3.8) is 0 Å². The van der Waals surface area contributed by atoms with Crippen LogP contribution in [0.5, 0.6) is 5.75 Å². The van der Waals surface area contributed by atoms with Crippen LogP contribution in [0.3, 0.4) is 0 Å². The second kappa shape index (κ2) is 11.1. The molecule has 2 aromatic heterocycles. The van der Waals surface area contributed by atoms with Crippen molar-refractivity contribution in [2.75, 3.05) is 27.2 Å². The van der Waals surface area contributed by atoms with Gasteiger partial charge in [-0.1, -0.05) is 12.1 Å². The molecule has 2 aromatic carbocycles. The van der Waals surface area contributed by atoms with Crippen molar-refractivity contribution in [1.82, 2.24) is 19.2 Å². The van der Waals surface area contributed by atoms with Crippen LogP contribution in [-0.2, 0) is 27.8 Å². The van der Waals surface area contributed by atoms with E-state index in [1.807, 2.05) is 30.3 Å². The van der Waals surface area contributed by atoms with Crippen molar-refractivity contribution >= 4 is 10.0 Å². The first-order chi connectivity index (χ1) is 19.4. The summed E-state index contributed by atoms with van der Waals surface area (Å²) >= 11 is 0. The average Bonchev–Trinajstić information content (AvgIpc) is 3.66. The van der Waals surface area contributed by atoms with Gasteiger partial charge in [0.15, 0.2) is 0 Å². The number of fused-ring (bicyclic) bond motifs is 1. The second-order valence-corrected chi connectivity index (χ2v) is 12.3. The van der Waals surface area contributed by atoms with Crippen LogP contribution in [-0.4, -0.2) is 60.9 Å². The quantitative estimate of drug-likeness (QED) is 0.307. The lowest BCUT2D eigenvalue weighted by Gasteiger charge is -2.29. The summed E-state index contributed by atoms with van der Waals surface area (Å²) in [5.41, 5.74) is 4.19. The number of likely N-dealkylation sites (tertiary alicyclic amines) is 1. The van der Waals surface area contributed by atoms with Gasteiger partial charge in [-0.25, -0.2) is 13.4 Å². The monoisotopic (exact) mass is 560 g/mol. The zero-order valence-corrected chi connectivity index (χ0v) is 23.4. The fraction of sp³-hybridized carbons (Fsp3) is 0.333. The van der Waals surface area contributed by atoms with Gasteiger partial charge in [0.2, 0.25) is 15.9 Å². The number of nitrogens with zero attached hydrogens (tertiary/aromatic N) is 4. The fourth-order valence-corrected chi connectivity index (χ4v) is 6.74. The van der Waals surface area contributed by atoms with E-state index in [0.717, 1.165) is 54.1 Å². The van der Waals surface area contributed by atoms with E-state index in [0.29, 0.717) is 11.5 Å². The van der Waals surface area contributed by atoms with Crippen LogP contribution in [0.15, 0.2) is 82.6 Å². The minimum absolute atomic E-state index is 0.205. The van der Waals surface area contributed by atoms with Gasteiger partial charge in [-0.15, -0.1) is 0 Å². The number of hydrogen-bond acceptors (Lipinski definition) is 8. The highest BCUT2D eigenvalue weighted by atomic mass is 32.2. The smallest absolute Gasteiger partial charge is 0.243 e. The molecular formula is C30H32N4O5S. The molecule has 1 saturated heterocycles. The normalized spacial score (nSPS) is 17.6. The Labute approximate surface area is 234 Å². The molecule has 0 N–H and O–H groups in total. The van der Waals surface area contributed by atoms with E-state index >= 15 is 0 Å². The molecule has 1 atom stereocenters. The number of sulfonamides is 1. The number of aromatic nitrogens is 2. The van der Waals surface area contributed by atoms with Crippen LogP contribution >= 0.6 is 0 Å². The molecule has 0 spiro atoms. The Bertz CT molecular complexity index is 1570. The first kappa shape index (κ1) is 26.6. The van der Waals surface area contributed by atoms with Gasteiger partial charge in [0.25, 0.3) is 0 Å². The Hall–Kier alpha value is -3.57. The molecule has 1 fully saturated rings. The Morgan fingerprint density at radius 1 is 1.00 bits per heavy atom. The van der Waals surface area contributed by atoms with E-state index in [4.69, 9.17) is 13.9 Å². The molecule has 9 nitrogen and oxygen atoms in total. The van der Waals surface area contributed by atoms with Crippen LogP contribution in [0.1, 0.15) is 41.3 Å². The Balaban J connectivity index is 1.18. The van der Waals surface area contributed by atoms with Crippen LogP contribution in [0.2, 0.25) is 0 Å². The maximum Gasteiger partial charge on any atom is 0.243 e. The average molecular weight is 561 g/mol. The van der Waals surface area contributed by atoms with Crippen molar-refractivity contribution in [2.24, 2.45) is 0 Å². The van der Waals surface area contributed by atoms with Gasteiger partial charge in [0.05, 0.1) is 16.8 Å². The van der Waals surface area contributed by atoms with Crippen LogP contribution < -0.4 is 4.74 Å². The van der Waals surface area contributed by atoms with Crippen molar-refractivity contribution in [2.45, 2.75) is 43.0 Å². The lowest BCUT2D eigenvalue weighted by molar-refractivity contribution is 0.112. The van der Waals surface area contributed by atoms with Crippen molar-refractivity contribution < 1.29 is 22.3 Å². The zero-order chi connectivity index (χ0) is 27.7. The summed E-state index contributed by atoms with van der Waals surface area (Å²) in [6.45, 7) is 2.60. The van der Waals surface area contributed by atoms with Gasteiger partial charge in [-0.3, -0.25) is 4.98 Å². The lowest BCUT2D eigenvalue weighted by Crippen LogP contribution is -2.35. The number of piperidine rings is 1. The van der Waals surface area contributed by atoms with Gasteiger partial charge in [-0.2, -0.15) is 4.31 Å². The summed E-state index contributed by atoms with van der Waals surface area (Å²) in [6.07, 6.45) is 6.61. The Kier molecular flexibility index (Phi) is 7.41. The highest BCUT2D eigenvalue weighted by Crippen LogP contribution is 2.33. The molecule has 1 unspecified atom stereocenters. The number of pyridine rings is 1. The van der Waals surface area contributed by atoms with Gasteiger partial charge >= 0.3 is 0 Å². The molecule has 0 radical (unpaired) electrons. The predicted octanol–water partition coefficient (Wildman–Crippen LogP) is 4.65. The third-order valence-corrected chi connectivity index (χ3v) is 9.41. The van der Waals surface area contributed by atoms with E-state index in [9.17, 15) is 8.42 Å². The highest BCUT2D eigenvalue weighted by molar-refractivity contribution is 7.89. The van der Waals surface area contributed by atoms with E-state index < -0.39 is 16.1 Å². The van der Waals surface area contributed by atoms with Crippen molar-refractivity contribution in [3.8, 4) is 17.2 Å². The summed E-state index contributed by atoms with van der Waals surface area (Å²) in [5, 5.41) is 0. The zero-order valence-electron chi connectivity index (χ0n) is 22.6. The summed E-state index contributed by atoms with van der Waals surface area (Å²) < 4.78 is 45.8. The molecule has 10 heteroatoms. The van der Waals surface area contributed by atoms with Gasteiger partial charge in [0, 0.05) is 45.0 Å². The molecule has 4 aromatic rings. The molecule has 0 bridgehead atoms. The second-order valence-electron chi connectivity index (χ2n) is 10.3. The number of ether oxygens (including phenoxy) is 2. The third kappa shape index (κ3) is 5.40. The summed E-state index contributed by atoms with van der Waals surface area (Å²) in [4.78, 5) is 11.3. The molecular weight excluding hydrogens is 528 g/mol. The van der Waals surface area contributed by atoms with Crippen LogP contribution in [0.4, 0.5) is 0 Å². The van der Waals surface area contributed by atoms with Crippen molar-refractivity contribution in [3.05, 3.63) is 95.6 Å². The van der Waals surface area contributed by atoms with Gasteiger partial charge in [0.1, 0.15) is 24.2 Å². The SMILES string of the molecule is COC(c1cccc(OC2CCN(C)CC2)c1)c1cc2c(cn1)CN(S(=O)(=O)c1ccc(-c3ncco3)cc1)C2. The number of benzene rings is 2. The maximum absolute atomic E-state index is 13.4. The molecule has 0 amide bonds.